The average Bonchev–Trinajstić information content (AvgIpc) is 2.20. The Bertz CT molecular complexity index is 176. The molecule has 0 unspecified atom stereocenters. The van der Waals surface area contributed by atoms with Crippen LogP contribution in [0.2, 0.25) is 0 Å². The maximum Gasteiger partial charge on any atom is 0.355 e. The molecule has 0 N–H and O–H groups in total. The van der Waals surface area contributed by atoms with Crippen LogP contribution in [0.3, 0.4) is 0 Å². The first-order chi connectivity index (χ1) is 6.22. The molecule has 0 aromatic heterocycles. The monoisotopic (exact) mass is 187 g/mol. The van der Waals surface area contributed by atoms with Gasteiger partial charge in [-0.05, 0) is 6.92 Å². The van der Waals surface area contributed by atoms with Crippen LogP contribution in [0.15, 0.2) is 17.8 Å². The predicted molar refractivity (Wildman–Crippen MR) is 52.6 cm³/mol. The Morgan fingerprint density at radius 2 is 2.08 bits per heavy atom. The van der Waals surface area contributed by atoms with Crippen LogP contribution >= 0.6 is 0 Å². The van der Waals surface area contributed by atoms with Gasteiger partial charge in [0.05, 0.1) is 7.11 Å². The summed E-state index contributed by atoms with van der Waals surface area (Å²) in [6.07, 6.45) is 1.54. The van der Waals surface area contributed by atoms with Crippen molar-refractivity contribution in [2.75, 3.05) is 13.7 Å². The summed E-state index contributed by atoms with van der Waals surface area (Å²) in [6.45, 7) is 9.21. The highest BCUT2D eigenvalue weighted by Gasteiger charge is 2.03. The van der Waals surface area contributed by atoms with Crippen molar-refractivity contribution in [1.29, 1.82) is 0 Å². The third-order valence-electron chi connectivity index (χ3n) is 0.875. The van der Waals surface area contributed by atoms with Crippen LogP contribution in [0, 0.1) is 0 Å². The van der Waals surface area contributed by atoms with E-state index in [2.05, 4.69) is 21.3 Å². The molecule has 0 aliphatic rings. The Labute approximate surface area is 79.2 Å². The number of nitrogens with zero attached hydrogens (tertiary/aromatic N) is 1. The fourth-order valence-corrected chi connectivity index (χ4v) is 0.372. The molecule has 0 saturated carbocycles. The lowest BCUT2D eigenvalue weighted by molar-refractivity contribution is -0.132. The number of rotatable bonds is 4. The summed E-state index contributed by atoms with van der Waals surface area (Å²) in [5, 5.41) is 3.46. The second-order valence-corrected chi connectivity index (χ2v) is 1.75. The first-order valence-electron chi connectivity index (χ1n) is 4.08. The normalized spacial score (nSPS) is 9.38. The molecular formula is C9H17NO3. The van der Waals surface area contributed by atoms with Crippen LogP contribution in [0.5, 0.6) is 0 Å². The zero-order valence-corrected chi connectivity index (χ0v) is 8.66. The number of methoxy groups -OCH3 is 1. The van der Waals surface area contributed by atoms with Crippen LogP contribution in [-0.4, -0.2) is 25.4 Å². The number of hydrogen-bond donors (Lipinski definition) is 0. The van der Waals surface area contributed by atoms with Gasteiger partial charge in [-0.3, -0.25) is 0 Å². The molecule has 0 aliphatic carbocycles. The van der Waals surface area contributed by atoms with Gasteiger partial charge in [0.25, 0.3) is 0 Å². The molecular weight excluding hydrogens is 170 g/mol. The first kappa shape index (κ1) is 14.2. The molecule has 4 nitrogen and oxygen atoms in total. The van der Waals surface area contributed by atoms with E-state index in [0.717, 1.165) is 0 Å². The Morgan fingerprint density at radius 3 is 2.46 bits per heavy atom. The van der Waals surface area contributed by atoms with E-state index >= 15 is 0 Å². The Balaban J connectivity index is 0. The van der Waals surface area contributed by atoms with Gasteiger partial charge in [-0.2, -0.15) is 0 Å². The van der Waals surface area contributed by atoms with Gasteiger partial charge >= 0.3 is 5.97 Å². The van der Waals surface area contributed by atoms with Gasteiger partial charge in [-0.25, -0.2) is 4.79 Å². The largest absolute Gasteiger partial charge is 0.464 e. The summed E-state index contributed by atoms with van der Waals surface area (Å²) in [7, 11) is 1.29. The number of hydrogen-bond acceptors (Lipinski definition) is 4. The van der Waals surface area contributed by atoms with Crippen molar-refractivity contribution < 1.29 is 14.4 Å². The molecule has 0 heterocycles. The second kappa shape index (κ2) is 10.7. The lowest BCUT2D eigenvalue weighted by Crippen LogP contribution is -2.12. The molecule has 0 aliphatic heterocycles. The van der Waals surface area contributed by atoms with E-state index in [1.54, 1.807) is 0 Å². The smallest absolute Gasteiger partial charge is 0.355 e. The summed E-state index contributed by atoms with van der Waals surface area (Å²) in [4.78, 5) is 15.3. The summed E-state index contributed by atoms with van der Waals surface area (Å²) < 4.78 is 4.37. The highest BCUT2D eigenvalue weighted by Crippen LogP contribution is 1.84. The molecule has 0 aromatic carbocycles. The zero-order chi connectivity index (χ0) is 10.7. The zero-order valence-electron chi connectivity index (χ0n) is 8.66. The van der Waals surface area contributed by atoms with Crippen molar-refractivity contribution in [3.05, 3.63) is 12.7 Å². The van der Waals surface area contributed by atoms with Crippen molar-refractivity contribution in [2.45, 2.75) is 20.8 Å². The molecule has 0 saturated heterocycles. The fraction of sp³-hybridized carbons (Fsp3) is 0.556. The van der Waals surface area contributed by atoms with E-state index in [0.29, 0.717) is 0 Å². The molecule has 0 amide bonds. The minimum absolute atomic E-state index is 0.189. The Kier molecular flexibility index (Phi) is 11.7. The predicted octanol–water partition coefficient (Wildman–Crippen LogP) is 1.76. The van der Waals surface area contributed by atoms with Crippen molar-refractivity contribution >= 4 is 11.7 Å². The molecule has 76 valence electrons. The minimum Gasteiger partial charge on any atom is -0.464 e. The van der Waals surface area contributed by atoms with Crippen molar-refractivity contribution in [3.63, 3.8) is 0 Å². The van der Waals surface area contributed by atoms with Gasteiger partial charge in [0.15, 0.2) is 5.71 Å². The molecule has 13 heavy (non-hydrogen) atoms. The van der Waals surface area contributed by atoms with Gasteiger partial charge in [0, 0.05) is 0 Å². The average molecular weight is 187 g/mol. The highest BCUT2D eigenvalue weighted by molar-refractivity contribution is 6.35. The Hall–Kier alpha value is -1.32. The first-order valence-corrected chi connectivity index (χ1v) is 4.08. The van der Waals surface area contributed by atoms with E-state index in [-0.39, 0.29) is 12.3 Å². The van der Waals surface area contributed by atoms with Gasteiger partial charge in [0.1, 0.15) is 6.61 Å². The van der Waals surface area contributed by atoms with Crippen LogP contribution in [-0.2, 0) is 14.4 Å². The Morgan fingerprint density at radius 1 is 1.54 bits per heavy atom. The molecule has 0 radical (unpaired) electrons. The minimum atomic E-state index is -0.492. The fourth-order valence-electron chi connectivity index (χ4n) is 0.372. The van der Waals surface area contributed by atoms with Crippen LogP contribution in [0.25, 0.3) is 0 Å². The highest BCUT2D eigenvalue weighted by atomic mass is 16.6. The van der Waals surface area contributed by atoms with Crippen LogP contribution in [0.1, 0.15) is 20.8 Å². The van der Waals surface area contributed by atoms with E-state index in [4.69, 9.17) is 0 Å². The topological polar surface area (TPSA) is 47.9 Å². The maximum absolute atomic E-state index is 10.6. The molecule has 0 aromatic rings. The summed E-state index contributed by atoms with van der Waals surface area (Å²) in [5.74, 6) is -0.492. The third kappa shape index (κ3) is 8.59. The molecule has 0 atom stereocenters. The van der Waals surface area contributed by atoms with E-state index < -0.39 is 5.97 Å². The number of esters is 1. The van der Waals surface area contributed by atoms with Gasteiger partial charge in [0.2, 0.25) is 0 Å². The van der Waals surface area contributed by atoms with Crippen LogP contribution in [0.4, 0.5) is 0 Å². The quantitative estimate of drug-likeness (QED) is 0.221. The van der Waals surface area contributed by atoms with Crippen molar-refractivity contribution in [3.8, 4) is 0 Å². The second-order valence-electron chi connectivity index (χ2n) is 1.75. The maximum atomic E-state index is 10.6. The van der Waals surface area contributed by atoms with Gasteiger partial charge in [-0.1, -0.05) is 31.7 Å². The molecule has 0 rings (SSSR count). The van der Waals surface area contributed by atoms with E-state index in [1.165, 1.54) is 20.1 Å². The number of carbonyl (C=O) groups is 1. The lowest BCUT2D eigenvalue weighted by atomic mass is 10.4. The van der Waals surface area contributed by atoms with Crippen molar-refractivity contribution in [1.82, 2.24) is 0 Å². The van der Waals surface area contributed by atoms with E-state index in [9.17, 15) is 4.79 Å². The third-order valence-corrected chi connectivity index (χ3v) is 0.875. The molecule has 4 heteroatoms. The van der Waals surface area contributed by atoms with E-state index in [1.807, 2.05) is 13.8 Å². The SMILES string of the molecule is C=CCO/N=C(/C)C(=O)OC.CC. The lowest BCUT2D eigenvalue weighted by Gasteiger charge is -1.96. The number of ether oxygens (including phenoxy) is 1. The number of oxime groups is 1. The number of carbonyl (C=O) groups excluding carboxylic acids is 1. The van der Waals surface area contributed by atoms with Gasteiger partial charge < -0.3 is 9.57 Å². The molecule has 0 fully saturated rings. The van der Waals surface area contributed by atoms with Crippen LogP contribution < -0.4 is 0 Å². The van der Waals surface area contributed by atoms with Crippen molar-refractivity contribution in [2.24, 2.45) is 5.16 Å². The summed E-state index contributed by atoms with van der Waals surface area (Å²) >= 11 is 0. The standard InChI is InChI=1S/C7H11NO3.C2H6/c1-4-5-11-8-6(2)7(9)10-3;1-2/h4H,1,5H2,2-3H3;1-2H3/b8-6-;. The van der Waals surface area contributed by atoms with Gasteiger partial charge in [-0.15, -0.1) is 0 Å². The summed E-state index contributed by atoms with van der Waals surface area (Å²) in [5.41, 5.74) is 0.189. The molecule has 0 spiro atoms. The molecule has 0 bridgehead atoms. The summed E-state index contributed by atoms with van der Waals surface area (Å²) in [6, 6.07) is 0.